The minimum atomic E-state index is 0.355. The van der Waals surface area contributed by atoms with Gasteiger partial charge in [0, 0.05) is 7.11 Å². The first-order chi connectivity index (χ1) is 4.75. The van der Waals surface area contributed by atoms with Crippen molar-refractivity contribution in [2.24, 2.45) is 5.92 Å². The van der Waals surface area contributed by atoms with Crippen molar-refractivity contribution in [3.63, 3.8) is 0 Å². The molecule has 0 radical (unpaired) electrons. The zero-order chi connectivity index (χ0) is 7.56. The van der Waals surface area contributed by atoms with Crippen LogP contribution in [0.25, 0.3) is 0 Å². The molecule has 2 nitrogen and oxygen atoms in total. The van der Waals surface area contributed by atoms with Crippen LogP contribution in [-0.4, -0.2) is 32.3 Å². The van der Waals surface area contributed by atoms with Crippen molar-refractivity contribution in [2.45, 2.75) is 25.5 Å². The maximum absolute atomic E-state index is 5.34. The molecule has 1 rings (SSSR count). The van der Waals surface area contributed by atoms with Crippen LogP contribution in [0.4, 0.5) is 0 Å². The highest BCUT2D eigenvalue weighted by atomic mass is 16.5. The summed E-state index contributed by atoms with van der Waals surface area (Å²) in [5.74, 6) is 0.792. The molecule has 0 aromatic rings. The van der Waals surface area contributed by atoms with Crippen LogP contribution in [0.3, 0.4) is 0 Å². The summed E-state index contributed by atoms with van der Waals surface area (Å²) >= 11 is 0. The minimum absolute atomic E-state index is 0.355. The van der Waals surface area contributed by atoms with Gasteiger partial charge < -0.3 is 4.74 Å². The molecule has 0 amide bonds. The Morgan fingerprint density at radius 3 is 2.10 bits per heavy atom. The Balaban J connectivity index is 2.31. The summed E-state index contributed by atoms with van der Waals surface area (Å²) in [6.45, 7) is 0. The Hall–Kier alpha value is -0.0800. The monoisotopic (exact) mass is 143 g/mol. The standard InChI is InChI=1S/C8H17NO/c1-9(2)8(10-3)7-5-4-6-7/h7-8H,4-6H2,1-3H3. The van der Waals surface area contributed by atoms with Crippen molar-refractivity contribution in [3.8, 4) is 0 Å². The molecule has 0 N–H and O–H groups in total. The van der Waals surface area contributed by atoms with Gasteiger partial charge in [0.1, 0.15) is 6.23 Å². The number of ether oxygens (including phenoxy) is 1. The van der Waals surface area contributed by atoms with Gasteiger partial charge in [-0.3, -0.25) is 4.90 Å². The summed E-state index contributed by atoms with van der Waals surface area (Å²) in [5, 5.41) is 0. The highest BCUT2D eigenvalue weighted by molar-refractivity contribution is 4.76. The molecule has 0 heterocycles. The van der Waals surface area contributed by atoms with Gasteiger partial charge >= 0.3 is 0 Å². The van der Waals surface area contributed by atoms with Crippen LogP contribution >= 0.6 is 0 Å². The average molecular weight is 143 g/mol. The van der Waals surface area contributed by atoms with E-state index in [1.807, 2.05) is 0 Å². The second-order valence-corrected chi connectivity index (χ2v) is 3.28. The zero-order valence-electron chi connectivity index (χ0n) is 7.13. The molecule has 1 aliphatic carbocycles. The normalized spacial score (nSPS) is 22.8. The van der Waals surface area contributed by atoms with E-state index in [0.717, 1.165) is 5.92 Å². The van der Waals surface area contributed by atoms with Gasteiger partial charge in [-0.15, -0.1) is 0 Å². The van der Waals surface area contributed by atoms with E-state index >= 15 is 0 Å². The number of methoxy groups -OCH3 is 1. The molecule has 1 unspecified atom stereocenters. The molecule has 0 spiro atoms. The Morgan fingerprint density at radius 1 is 1.40 bits per heavy atom. The third-order valence-electron chi connectivity index (χ3n) is 2.30. The summed E-state index contributed by atoms with van der Waals surface area (Å²) in [6, 6.07) is 0. The first-order valence-electron chi connectivity index (χ1n) is 3.95. The van der Waals surface area contributed by atoms with E-state index in [1.165, 1.54) is 19.3 Å². The molecule has 1 aliphatic rings. The van der Waals surface area contributed by atoms with Gasteiger partial charge in [-0.25, -0.2) is 0 Å². The number of hydrogen-bond acceptors (Lipinski definition) is 2. The quantitative estimate of drug-likeness (QED) is 0.552. The van der Waals surface area contributed by atoms with E-state index < -0.39 is 0 Å². The summed E-state index contributed by atoms with van der Waals surface area (Å²) in [4.78, 5) is 2.16. The second-order valence-electron chi connectivity index (χ2n) is 3.28. The van der Waals surface area contributed by atoms with Crippen molar-refractivity contribution in [3.05, 3.63) is 0 Å². The third-order valence-corrected chi connectivity index (χ3v) is 2.30. The second kappa shape index (κ2) is 3.35. The van der Waals surface area contributed by atoms with Crippen LogP contribution in [0.5, 0.6) is 0 Å². The van der Waals surface area contributed by atoms with Crippen LogP contribution in [0.2, 0.25) is 0 Å². The summed E-state index contributed by atoms with van der Waals surface area (Å²) in [5.41, 5.74) is 0. The SMILES string of the molecule is COC(C1CCC1)N(C)C. The number of nitrogens with zero attached hydrogens (tertiary/aromatic N) is 1. The topological polar surface area (TPSA) is 12.5 Å². The van der Waals surface area contributed by atoms with Crippen molar-refractivity contribution < 1.29 is 4.74 Å². The van der Waals surface area contributed by atoms with Crippen molar-refractivity contribution in [1.29, 1.82) is 0 Å². The van der Waals surface area contributed by atoms with E-state index in [-0.39, 0.29) is 0 Å². The smallest absolute Gasteiger partial charge is 0.112 e. The van der Waals surface area contributed by atoms with E-state index in [9.17, 15) is 0 Å². The fraction of sp³-hybridized carbons (Fsp3) is 1.00. The molecule has 1 atom stereocenters. The molecule has 0 aromatic heterocycles. The van der Waals surface area contributed by atoms with Gasteiger partial charge in [0.2, 0.25) is 0 Å². The predicted molar refractivity (Wildman–Crippen MR) is 41.8 cm³/mol. The molecule has 10 heavy (non-hydrogen) atoms. The number of hydrogen-bond donors (Lipinski definition) is 0. The summed E-state index contributed by atoms with van der Waals surface area (Å²) in [6.07, 6.45) is 4.43. The molecular weight excluding hydrogens is 126 g/mol. The molecule has 0 aliphatic heterocycles. The van der Waals surface area contributed by atoms with Crippen LogP contribution in [0, 0.1) is 5.92 Å². The lowest BCUT2D eigenvalue weighted by molar-refractivity contribution is -0.0691. The lowest BCUT2D eigenvalue weighted by Crippen LogP contribution is -2.39. The fourth-order valence-corrected chi connectivity index (χ4v) is 1.55. The van der Waals surface area contributed by atoms with E-state index in [0.29, 0.717) is 6.23 Å². The Labute approximate surface area is 63.2 Å². The zero-order valence-corrected chi connectivity index (χ0v) is 7.13. The molecule has 60 valence electrons. The number of rotatable bonds is 3. The maximum Gasteiger partial charge on any atom is 0.112 e. The minimum Gasteiger partial charge on any atom is -0.366 e. The van der Waals surface area contributed by atoms with Crippen LogP contribution < -0.4 is 0 Å². The Morgan fingerprint density at radius 2 is 2.00 bits per heavy atom. The molecule has 1 fully saturated rings. The summed E-state index contributed by atoms with van der Waals surface area (Å²) in [7, 11) is 5.95. The molecule has 0 saturated heterocycles. The summed E-state index contributed by atoms with van der Waals surface area (Å²) < 4.78 is 5.34. The average Bonchev–Trinajstić information content (AvgIpc) is 1.76. The highest BCUT2D eigenvalue weighted by Gasteiger charge is 2.28. The van der Waals surface area contributed by atoms with Crippen LogP contribution in [0.15, 0.2) is 0 Å². The Kier molecular flexibility index (Phi) is 2.69. The first-order valence-corrected chi connectivity index (χ1v) is 3.95. The lowest BCUT2D eigenvalue weighted by Gasteiger charge is -2.36. The van der Waals surface area contributed by atoms with Crippen molar-refractivity contribution >= 4 is 0 Å². The first kappa shape index (κ1) is 8.02. The predicted octanol–water partition coefficient (Wildman–Crippen LogP) is 1.32. The van der Waals surface area contributed by atoms with E-state index in [4.69, 9.17) is 4.74 Å². The highest BCUT2D eigenvalue weighted by Crippen LogP contribution is 2.31. The Bertz CT molecular complexity index is 99.4. The van der Waals surface area contributed by atoms with Crippen LogP contribution in [0.1, 0.15) is 19.3 Å². The molecule has 1 saturated carbocycles. The van der Waals surface area contributed by atoms with Crippen molar-refractivity contribution in [1.82, 2.24) is 4.90 Å². The van der Waals surface area contributed by atoms with Gasteiger partial charge in [0.15, 0.2) is 0 Å². The van der Waals surface area contributed by atoms with Gasteiger partial charge in [-0.2, -0.15) is 0 Å². The van der Waals surface area contributed by atoms with Gasteiger partial charge in [0.25, 0.3) is 0 Å². The lowest BCUT2D eigenvalue weighted by atomic mass is 9.83. The maximum atomic E-state index is 5.34. The van der Waals surface area contributed by atoms with Crippen molar-refractivity contribution in [2.75, 3.05) is 21.2 Å². The molecule has 2 heteroatoms. The van der Waals surface area contributed by atoms with E-state index in [1.54, 1.807) is 7.11 Å². The van der Waals surface area contributed by atoms with Gasteiger partial charge in [-0.05, 0) is 32.9 Å². The van der Waals surface area contributed by atoms with E-state index in [2.05, 4.69) is 19.0 Å². The fourth-order valence-electron chi connectivity index (χ4n) is 1.55. The third kappa shape index (κ3) is 1.50. The molecule has 0 aromatic carbocycles. The van der Waals surface area contributed by atoms with Crippen LogP contribution in [-0.2, 0) is 4.74 Å². The molecule has 0 bridgehead atoms. The molecular formula is C8H17NO. The van der Waals surface area contributed by atoms with Gasteiger partial charge in [0.05, 0.1) is 0 Å². The van der Waals surface area contributed by atoms with Gasteiger partial charge in [-0.1, -0.05) is 6.42 Å². The largest absolute Gasteiger partial charge is 0.366 e.